The zero-order valence-electron chi connectivity index (χ0n) is 17.2. The third-order valence-electron chi connectivity index (χ3n) is 3.89. The van der Waals surface area contributed by atoms with Crippen LogP contribution in [0, 0.1) is 5.92 Å². The molecule has 22 heavy (non-hydrogen) atoms. The first-order valence-electron chi connectivity index (χ1n) is 9.88. The molecule has 0 aliphatic carbocycles. The van der Waals surface area contributed by atoms with Gasteiger partial charge in [-0.05, 0) is 64.1 Å². The Kier molecular flexibility index (Phi) is 17.4. The summed E-state index contributed by atoms with van der Waals surface area (Å²) in [6.07, 6.45) is 9.58. The SMILES string of the molecule is CC.CCCCN(CCCCC[N+](C)(C)C)CCCC(C)C. The van der Waals surface area contributed by atoms with Crippen LogP contribution in [0.1, 0.15) is 79.6 Å². The van der Waals surface area contributed by atoms with Crippen molar-refractivity contribution < 1.29 is 4.48 Å². The molecule has 0 aromatic carbocycles. The van der Waals surface area contributed by atoms with E-state index in [1.807, 2.05) is 13.8 Å². The normalized spacial score (nSPS) is 11.7. The van der Waals surface area contributed by atoms with Gasteiger partial charge in [0, 0.05) is 0 Å². The molecule has 0 bridgehead atoms. The van der Waals surface area contributed by atoms with E-state index in [0.717, 1.165) is 10.4 Å². The summed E-state index contributed by atoms with van der Waals surface area (Å²) in [5.41, 5.74) is 0. The van der Waals surface area contributed by atoms with Crippen LogP contribution < -0.4 is 0 Å². The van der Waals surface area contributed by atoms with E-state index >= 15 is 0 Å². The highest BCUT2D eigenvalue weighted by molar-refractivity contribution is 4.60. The summed E-state index contributed by atoms with van der Waals surface area (Å²) >= 11 is 0. The molecule has 0 aromatic rings. The summed E-state index contributed by atoms with van der Waals surface area (Å²) < 4.78 is 1.11. The molecule has 0 spiro atoms. The topological polar surface area (TPSA) is 3.24 Å². The molecule has 0 rings (SSSR count). The van der Waals surface area contributed by atoms with Gasteiger partial charge in [0.1, 0.15) is 0 Å². The molecule has 0 aromatic heterocycles. The maximum absolute atomic E-state index is 2.71. The number of nitrogens with zero attached hydrogens (tertiary/aromatic N) is 2. The predicted molar refractivity (Wildman–Crippen MR) is 104 cm³/mol. The Bertz CT molecular complexity index is 206. The van der Waals surface area contributed by atoms with E-state index in [-0.39, 0.29) is 0 Å². The average molecular weight is 316 g/mol. The van der Waals surface area contributed by atoms with Crippen molar-refractivity contribution >= 4 is 0 Å². The molecule has 0 aliphatic heterocycles. The van der Waals surface area contributed by atoms with E-state index in [1.54, 1.807) is 0 Å². The van der Waals surface area contributed by atoms with E-state index in [2.05, 4.69) is 46.8 Å². The molecule has 0 fully saturated rings. The lowest BCUT2D eigenvalue weighted by Crippen LogP contribution is -2.35. The molecule has 2 nitrogen and oxygen atoms in total. The van der Waals surface area contributed by atoms with Crippen molar-refractivity contribution in [3.05, 3.63) is 0 Å². The van der Waals surface area contributed by atoms with Crippen molar-refractivity contribution in [3.8, 4) is 0 Å². The van der Waals surface area contributed by atoms with E-state index in [1.165, 1.54) is 71.1 Å². The standard InChI is InChI=1S/C18H41N2.C2H6/c1-7-8-14-19(16-12-13-18(2)3)15-10-9-11-17-20(4,5)6;1-2/h18H,7-17H2,1-6H3;1-2H3/q+1;. The second-order valence-corrected chi connectivity index (χ2v) is 7.81. The van der Waals surface area contributed by atoms with Crippen molar-refractivity contribution in [3.63, 3.8) is 0 Å². The van der Waals surface area contributed by atoms with Crippen LogP contribution in [0.2, 0.25) is 0 Å². The van der Waals surface area contributed by atoms with Crippen molar-refractivity contribution in [2.45, 2.75) is 79.6 Å². The van der Waals surface area contributed by atoms with Crippen LogP contribution >= 0.6 is 0 Å². The first kappa shape index (κ1) is 24.2. The summed E-state index contributed by atoms with van der Waals surface area (Å²) in [5.74, 6) is 0.854. The molecule has 0 heterocycles. The molecule has 136 valence electrons. The molecule has 2 heteroatoms. The van der Waals surface area contributed by atoms with Crippen LogP contribution in [-0.2, 0) is 0 Å². The monoisotopic (exact) mass is 315 g/mol. The average Bonchev–Trinajstić information content (AvgIpc) is 2.44. The Balaban J connectivity index is 0. The van der Waals surface area contributed by atoms with Crippen LogP contribution in [0.3, 0.4) is 0 Å². The van der Waals surface area contributed by atoms with Gasteiger partial charge in [0.2, 0.25) is 0 Å². The van der Waals surface area contributed by atoms with E-state index in [0.29, 0.717) is 0 Å². The van der Waals surface area contributed by atoms with Gasteiger partial charge in [0.15, 0.2) is 0 Å². The van der Waals surface area contributed by atoms with Gasteiger partial charge < -0.3 is 9.38 Å². The Labute approximate surface area is 142 Å². The molecule has 0 atom stereocenters. The molecule has 0 radical (unpaired) electrons. The molecular weight excluding hydrogens is 268 g/mol. The fourth-order valence-corrected chi connectivity index (χ4v) is 2.54. The summed E-state index contributed by atoms with van der Waals surface area (Å²) in [6.45, 7) is 16.2. The molecule has 0 aliphatic rings. The Morgan fingerprint density at radius 1 is 0.773 bits per heavy atom. The van der Waals surface area contributed by atoms with Crippen molar-refractivity contribution in [2.24, 2.45) is 5.92 Å². The Morgan fingerprint density at radius 3 is 1.82 bits per heavy atom. The van der Waals surface area contributed by atoms with Gasteiger partial charge in [-0.3, -0.25) is 0 Å². The third-order valence-corrected chi connectivity index (χ3v) is 3.89. The quantitative estimate of drug-likeness (QED) is 0.324. The van der Waals surface area contributed by atoms with E-state index in [9.17, 15) is 0 Å². The maximum Gasteiger partial charge on any atom is 0.0780 e. The summed E-state index contributed by atoms with van der Waals surface area (Å²) in [6, 6.07) is 0. The van der Waals surface area contributed by atoms with Crippen LogP contribution in [0.15, 0.2) is 0 Å². The van der Waals surface area contributed by atoms with E-state index in [4.69, 9.17) is 0 Å². The lowest BCUT2D eigenvalue weighted by atomic mass is 10.1. The fourth-order valence-electron chi connectivity index (χ4n) is 2.54. The zero-order chi connectivity index (χ0) is 17.4. The minimum atomic E-state index is 0.854. The van der Waals surface area contributed by atoms with Gasteiger partial charge >= 0.3 is 0 Å². The lowest BCUT2D eigenvalue weighted by molar-refractivity contribution is -0.870. The first-order chi connectivity index (χ1) is 10.3. The highest BCUT2D eigenvalue weighted by Crippen LogP contribution is 2.08. The van der Waals surface area contributed by atoms with Crippen LogP contribution in [-0.4, -0.2) is 56.7 Å². The number of unbranched alkanes of at least 4 members (excludes halogenated alkanes) is 3. The minimum Gasteiger partial charge on any atom is -0.331 e. The highest BCUT2D eigenvalue weighted by atomic mass is 15.3. The highest BCUT2D eigenvalue weighted by Gasteiger charge is 2.07. The van der Waals surface area contributed by atoms with E-state index < -0.39 is 0 Å². The van der Waals surface area contributed by atoms with Crippen molar-refractivity contribution in [1.82, 2.24) is 4.90 Å². The number of rotatable bonds is 13. The molecular formula is C20H47N2+. The molecule has 0 unspecified atom stereocenters. The van der Waals surface area contributed by atoms with Crippen LogP contribution in [0.4, 0.5) is 0 Å². The zero-order valence-corrected chi connectivity index (χ0v) is 17.2. The van der Waals surface area contributed by atoms with Gasteiger partial charge in [-0.2, -0.15) is 0 Å². The summed E-state index contributed by atoms with van der Waals surface area (Å²) in [7, 11) is 6.87. The predicted octanol–water partition coefficient (Wildman–Crippen LogP) is 5.43. The van der Waals surface area contributed by atoms with Crippen molar-refractivity contribution in [2.75, 3.05) is 47.3 Å². The second kappa shape index (κ2) is 15.8. The maximum atomic E-state index is 2.71. The molecule has 0 saturated heterocycles. The fraction of sp³-hybridized carbons (Fsp3) is 1.00. The number of hydrogen-bond donors (Lipinski definition) is 0. The number of quaternary nitrogens is 1. The van der Waals surface area contributed by atoms with Crippen LogP contribution in [0.5, 0.6) is 0 Å². The summed E-state index contributed by atoms with van der Waals surface area (Å²) in [4.78, 5) is 2.71. The van der Waals surface area contributed by atoms with Gasteiger partial charge in [0.25, 0.3) is 0 Å². The smallest absolute Gasteiger partial charge is 0.0780 e. The lowest BCUT2D eigenvalue weighted by Gasteiger charge is -2.25. The largest absolute Gasteiger partial charge is 0.331 e. The second-order valence-electron chi connectivity index (χ2n) is 7.81. The number of hydrogen-bond acceptors (Lipinski definition) is 1. The Hall–Kier alpha value is -0.0800. The molecule has 0 N–H and O–H groups in total. The van der Waals surface area contributed by atoms with Gasteiger partial charge in [-0.1, -0.05) is 41.0 Å². The first-order valence-corrected chi connectivity index (χ1v) is 9.88. The van der Waals surface area contributed by atoms with Gasteiger partial charge in [0.05, 0.1) is 27.7 Å². The van der Waals surface area contributed by atoms with Gasteiger partial charge in [-0.25, -0.2) is 0 Å². The van der Waals surface area contributed by atoms with Crippen molar-refractivity contribution in [1.29, 1.82) is 0 Å². The Morgan fingerprint density at radius 2 is 1.32 bits per heavy atom. The third kappa shape index (κ3) is 19.9. The van der Waals surface area contributed by atoms with Crippen LogP contribution in [0.25, 0.3) is 0 Å². The molecule has 0 amide bonds. The van der Waals surface area contributed by atoms with Gasteiger partial charge in [-0.15, -0.1) is 0 Å². The summed E-state index contributed by atoms with van der Waals surface area (Å²) in [5, 5.41) is 0. The minimum absolute atomic E-state index is 0.854. The molecule has 0 saturated carbocycles.